The molecule has 0 saturated carbocycles. The van der Waals surface area contributed by atoms with E-state index in [9.17, 15) is 0 Å². The zero-order chi connectivity index (χ0) is 13.8. The molecule has 2 aromatic rings. The second-order valence-electron chi connectivity index (χ2n) is 5.61. The summed E-state index contributed by atoms with van der Waals surface area (Å²) >= 11 is 0.958. The zero-order valence-electron chi connectivity index (χ0n) is 11.9. The van der Waals surface area contributed by atoms with Gasteiger partial charge in [-0.25, -0.2) is 0 Å². The SMILES string of the molecule is Cc1cc[c]([In]([I])[c]2ccc(CC(C)C)cc2)cc1. The van der Waals surface area contributed by atoms with Gasteiger partial charge in [-0.2, -0.15) is 0 Å². The molecule has 0 heterocycles. The molecule has 2 heteroatoms. The van der Waals surface area contributed by atoms with Gasteiger partial charge in [-0.15, -0.1) is 0 Å². The van der Waals surface area contributed by atoms with Crippen molar-refractivity contribution in [3.63, 3.8) is 0 Å². The Morgan fingerprint density at radius 3 is 1.84 bits per heavy atom. The Kier molecular flexibility index (Phi) is 5.82. The van der Waals surface area contributed by atoms with Crippen LogP contribution in [0.25, 0.3) is 0 Å². The predicted molar refractivity (Wildman–Crippen MR) is 95.2 cm³/mol. The first-order chi connectivity index (χ1) is 9.06. The Balaban J connectivity index is 2.15. The predicted octanol–water partition coefficient (Wildman–Crippen LogP) is 3.73. The normalized spacial score (nSPS) is 10.8. The summed E-state index contributed by atoms with van der Waals surface area (Å²) in [7, 11) is 0. The van der Waals surface area contributed by atoms with Gasteiger partial charge in [0.15, 0.2) is 0 Å². The van der Waals surface area contributed by atoms with E-state index >= 15 is 0 Å². The first-order valence-electron chi connectivity index (χ1n) is 6.85. The fraction of sp³-hybridized carbons (Fsp3) is 0.294. The molecule has 2 aromatic carbocycles. The Hall–Kier alpha value is 0.0401. The van der Waals surface area contributed by atoms with Gasteiger partial charge in [0.25, 0.3) is 0 Å². The Morgan fingerprint density at radius 2 is 1.37 bits per heavy atom. The van der Waals surface area contributed by atoms with Gasteiger partial charge in [0, 0.05) is 0 Å². The van der Waals surface area contributed by atoms with Crippen LogP contribution in [0.2, 0.25) is 0 Å². The van der Waals surface area contributed by atoms with Crippen LogP contribution in [0.15, 0.2) is 48.5 Å². The third kappa shape index (κ3) is 4.52. The van der Waals surface area contributed by atoms with Crippen LogP contribution in [0.1, 0.15) is 25.0 Å². The van der Waals surface area contributed by atoms with E-state index in [-0.39, 0.29) is 0 Å². The standard InChI is InChI=1S/C10H13.C7H7.HI.In/c1-9(2)8-10-6-4-3-5-7-10;1-7-5-3-2-4-6-7;;/h4-7,9H,8H2,1-2H3;3-6H,1H3;1H;/q;;;+1/p-1. The summed E-state index contributed by atoms with van der Waals surface area (Å²) in [5.41, 5.74) is 2.82. The van der Waals surface area contributed by atoms with Crippen LogP contribution in [0.3, 0.4) is 0 Å². The third-order valence-corrected chi connectivity index (χ3v) is 18.5. The van der Waals surface area contributed by atoms with Crippen LogP contribution < -0.4 is 6.64 Å². The molecule has 0 amide bonds. The molecule has 0 saturated heterocycles. The Bertz CT molecular complexity index is 514. The average molecular weight is 466 g/mol. The summed E-state index contributed by atoms with van der Waals surface area (Å²) in [4.78, 5) is 0. The van der Waals surface area contributed by atoms with Crippen molar-refractivity contribution in [1.82, 2.24) is 0 Å². The minimum absolute atomic E-state index is 0.738. The number of benzene rings is 2. The van der Waals surface area contributed by atoms with Crippen molar-refractivity contribution < 1.29 is 0 Å². The van der Waals surface area contributed by atoms with Crippen molar-refractivity contribution in [3.8, 4) is 0 Å². The molecular weight excluding hydrogens is 446 g/mol. The molecule has 0 spiro atoms. The van der Waals surface area contributed by atoms with Crippen LogP contribution in [0.4, 0.5) is 0 Å². The van der Waals surface area contributed by atoms with E-state index in [0.29, 0.717) is 0 Å². The van der Waals surface area contributed by atoms with Gasteiger partial charge in [-0.1, -0.05) is 0 Å². The van der Waals surface area contributed by atoms with Gasteiger partial charge in [0.05, 0.1) is 0 Å². The summed E-state index contributed by atoms with van der Waals surface area (Å²) in [5, 5.41) is 0. The van der Waals surface area contributed by atoms with E-state index in [1.807, 2.05) is 0 Å². The number of hydrogen-bond donors (Lipinski definition) is 0. The molecule has 0 aliphatic carbocycles. The average Bonchev–Trinajstić information content (AvgIpc) is 2.39. The molecule has 19 heavy (non-hydrogen) atoms. The van der Waals surface area contributed by atoms with Crippen molar-refractivity contribution in [2.24, 2.45) is 5.92 Å². The van der Waals surface area contributed by atoms with E-state index in [4.69, 9.17) is 0 Å². The first kappa shape index (κ1) is 15.4. The van der Waals surface area contributed by atoms with Crippen LogP contribution in [0, 0.1) is 12.8 Å². The van der Waals surface area contributed by atoms with Gasteiger partial charge in [-0.05, 0) is 0 Å². The summed E-state index contributed by atoms with van der Waals surface area (Å²) in [5.74, 6) is 0.738. The van der Waals surface area contributed by atoms with Gasteiger partial charge >= 0.3 is 135 Å². The fourth-order valence-electron chi connectivity index (χ4n) is 2.22. The quantitative estimate of drug-likeness (QED) is 0.603. The zero-order valence-corrected chi connectivity index (χ0v) is 17.3. The van der Waals surface area contributed by atoms with Crippen molar-refractivity contribution in [1.29, 1.82) is 0 Å². The summed E-state index contributed by atoms with van der Waals surface area (Å²) in [6.07, 6.45) is 1.19. The van der Waals surface area contributed by atoms with Crippen molar-refractivity contribution in [3.05, 3.63) is 59.7 Å². The molecule has 0 fully saturated rings. The van der Waals surface area contributed by atoms with Crippen molar-refractivity contribution in [2.45, 2.75) is 27.2 Å². The molecule has 0 aliphatic heterocycles. The van der Waals surface area contributed by atoms with Crippen molar-refractivity contribution in [2.75, 3.05) is 0 Å². The molecule has 0 unspecified atom stereocenters. The number of rotatable bonds is 4. The van der Waals surface area contributed by atoms with Crippen LogP contribution in [-0.4, -0.2) is 17.3 Å². The molecule has 2 rings (SSSR count). The Labute approximate surface area is 133 Å². The van der Waals surface area contributed by atoms with E-state index < -0.39 is 17.3 Å². The molecular formula is C17H20IIn. The van der Waals surface area contributed by atoms with Gasteiger partial charge < -0.3 is 0 Å². The molecule has 0 N–H and O–H groups in total. The van der Waals surface area contributed by atoms with E-state index in [1.165, 1.54) is 17.5 Å². The molecule has 0 radical (unpaired) electrons. The first-order valence-corrected chi connectivity index (χ1v) is 19.8. The topological polar surface area (TPSA) is 0 Å². The van der Waals surface area contributed by atoms with Crippen LogP contribution in [0.5, 0.6) is 0 Å². The fourth-order valence-corrected chi connectivity index (χ4v) is 11.9. The maximum atomic E-state index is 2.73. The minimum atomic E-state index is -1.77. The van der Waals surface area contributed by atoms with Crippen molar-refractivity contribution >= 4 is 42.1 Å². The maximum absolute atomic E-state index is 2.73. The van der Waals surface area contributed by atoms with E-state index in [0.717, 1.165) is 5.92 Å². The Morgan fingerprint density at radius 1 is 0.895 bits per heavy atom. The molecule has 0 bridgehead atoms. The number of hydrogen-bond acceptors (Lipinski definition) is 0. The second-order valence-corrected chi connectivity index (χ2v) is 19.8. The molecule has 0 aliphatic rings. The van der Waals surface area contributed by atoms with Crippen LogP contribution >= 0.6 is 18.1 Å². The molecule has 98 valence electrons. The summed E-state index contributed by atoms with van der Waals surface area (Å²) < 4.78 is 3.18. The monoisotopic (exact) mass is 466 g/mol. The molecule has 0 nitrogen and oxygen atoms in total. The van der Waals surface area contributed by atoms with Crippen LogP contribution in [-0.2, 0) is 6.42 Å². The molecule has 0 aromatic heterocycles. The summed E-state index contributed by atoms with van der Waals surface area (Å²) in [6, 6.07) is 18.5. The van der Waals surface area contributed by atoms with Gasteiger partial charge in [-0.3, -0.25) is 0 Å². The van der Waals surface area contributed by atoms with Gasteiger partial charge in [0.2, 0.25) is 0 Å². The molecule has 0 atom stereocenters. The number of halogens is 1. The summed E-state index contributed by atoms with van der Waals surface area (Å²) in [6.45, 7) is 6.71. The number of aryl methyl sites for hydroxylation is 1. The van der Waals surface area contributed by atoms with E-state index in [1.54, 1.807) is 6.64 Å². The second kappa shape index (κ2) is 7.16. The van der Waals surface area contributed by atoms with Gasteiger partial charge in [0.1, 0.15) is 0 Å². The third-order valence-electron chi connectivity index (χ3n) is 3.29. The van der Waals surface area contributed by atoms with E-state index in [2.05, 4.69) is 87.4 Å².